The van der Waals surface area contributed by atoms with Crippen LogP contribution >= 0.6 is 0 Å². The van der Waals surface area contributed by atoms with Gasteiger partial charge in [-0.15, -0.1) is 0 Å². The molecule has 0 heterocycles. The van der Waals surface area contributed by atoms with Gasteiger partial charge in [0.1, 0.15) is 0 Å². The van der Waals surface area contributed by atoms with Gasteiger partial charge >= 0.3 is 5.97 Å². The van der Waals surface area contributed by atoms with Crippen molar-refractivity contribution in [2.75, 3.05) is 13.2 Å². The zero-order valence-corrected chi connectivity index (χ0v) is 9.92. The summed E-state index contributed by atoms with van der Waals surface area (Å²) in [6.45, 7) is 5.58. The van der Waals surface area contributed by atoms with E-state index >= 15 is 0 Å². The average Bonchev–Trinajstić information content (AvgIpc) is 2.60. The molecule has 0 aromatic rings. The van der Waals surface area contributed by atoms with Gasteiger partial charge in [-0.3, -0.25) is 4.79 Å². The Morgan fingerprint density at radius 2 is 2.27 bits per heavy atom. The lowest BCUT2D eigenvalue weighted by Crippen LogP contribution is -2.27. The quantitative estimate of drug-likeness (QED) is 0.542. The number of hydrogen-bond donors (Lipinski definition) is 1. The lowest BCUT2D eigenvalue weighted by molar-refractivity contribution is -0.143. The minimum absolute atomic E-state index is 0.0703. The normalized spacial score (nSPS) is 25.5. The molecule has 1 aliphatic rings. The second-order valence-corrected chi connectivity index (χ2v) is 4.48. The van der Waals surface area contributed by atoms with Crippen LogP contribution in [0.3, 0.4) is 0 Å². The summed E-state index contributed by atoms with van der Waals surface area (Å²) in [7, 11) is 0. The summed E-state index contributed by atoms with van der Waals surface area (Å²) in [4.78, 5) is 11.0. The smallest absolute Gasteiger partial charge is 0.305 e. The minimum Gasteiger partial charge on any atom is -0.466 e. The first-order valence-electron chi connectivity index (χ1n) is 6.11. The van der Waals surface area contributed by atoms with Gasteiger partial charge in [-0.25, -0.2) is 0 Å². The third-order valence-corrected chi connectivity index (χ3v) is 2.99. The SMILES string of the molecule is CCOC(=O)CCCNC1CCC(C)C1. The summed E-state index contributed by atoms with van der Waals surface area (Å²) >= 11 is 0. The van der Waals surface area contributed by atoms with Gasteiger partial charge in [0.2, 0.25) is 0 Å². The van der Waals surface area contributed by atoms with E-state index in [0.717, 1.165) is 18.9 Å². The molecule has 0 aromatic carbocycles. The number of esters is 1. The van der Waals surface area contributed by atoms with Gasteiger partial charge in [0.25, 0.3) is 0 Å². The van der Waals surface area contributed by atoms with Gasteiger partial charge in [-0.1, -0.05) is 6.92 Å². The molecule has 3 heteroatoms. The molecule has 2 unspecified atom stereocenters. The average molecular weight is 213 g/mol. The number of rotatable bonds is 6. The highest BCUT2D eigenvalue weighted by Crippen LogP contribution is 2.24. The van der Waals surface area contributed by atoms with Crippen molar-refractivity contribution >= 4 is 5.97 Å². The first-order chi connectivity index (χ1) is 7.22. The van der Waals surface area contributed by atoms with Crippen LogP contribution < -0.4 is 5.32 Å². The van der Waals surface area contributed by atoms with Gasteiger partial charge < -0.3 is 10.1 Å². The van der Waals surface area contributed by atoms with Gasteiger partial charge in [0.15, 0.2) is 0 Å². The molecular weight excluding hydrogens is 190 g/mol. The Hall–Kier alpha value is -0.570. The van der Waals surface area contributed by atoms with Crippen LogP contribution in [0, 0.1) is 5.92 Å². The van der Waals surface area contributed by atoms with Crippen molar-refractivity contribution in [3.8, 4) is 0 Å². The first-order valence-corrected chi connectivity index (χ1v) is 6.11. The molecule has 0 radical (unpaired) electrons. The molecule has 1 aliphatic carbocycles. The van der Waals surface area contributed by atoms with Crippen molar-refractivity contribution in [3.05, 3.63) is 0 Å². The fourth-order valence-electron chi connectivity index (χ4n) is 2.16. The first kappa shape index (κ1) is 12.5. The molecule has 0 amide bonds. The standard InChI is InChI=1S/C12H23NO2/c1-3-15-12(14)5-4-8-13-11-7-6-10(2)9-11/h10-11,13H,3-9H2,1-2H3. The maximum absolute atomic E-state index is 11.0. The molecule has 0 spiro atoms. The highest BCUT2D eigenvalue weighted by atomic mass is 16.5. The van der Waals surface area contributed by atoms with E-state index in [4.69, 9.17) is 4.74 Å². The van der Waals surface area contributed by atoms with Crippen LogP contribution in [0.1, 0.15) is 46.0 Å². The second kappa shape index (κ2) is 6.83. The fraction of sp³-hybridized carbons (Fsp3) is 0.917. The van der Waals surface area contributed by atoms with Crippen molar-refractivity contribution in [2.45, 2.75) is 52.0 Å². The van der Waals surface area contributed by atoms with Crippen molar-refractivity contribution in [2.24, 2.45) is 5.92 Å². The Bertz CT molecular complexity index is 194. The largest absolute Gasteiger partial charge is 0.466 e. The molecule has 1 fully saturated rings. The zero-order valence-electron chi connectivity index (χ0n) is 9.92. The van der Waals surface area contributed by atoms with Crippen LogP contribution in [0.2, 0.25) is 0 Å². The summed E-state index contributed by atoms with van der Waals surface area (Å²) < 4.78 is 4.86. The Kier molecular flexibility index (Phi) is 5.69. The third-order valence-electron chi connectivity index (χ3n) is 2.99. The topological polar surface area (TPSA) is 38.3 Å². The van der Waals surface area contributed by atoms with E-state index in [1.807, 2.05) is 6.92 Å². The molecule has 0 bridgehead atoms. The Labute approximate surface area is 92.6 Å². The van der Waals surface area contributed by atoms with Crippen molar-refractivity contribution in [1.29, 1.82) is 0 Å². The number of nitrogens with one attached hydrogen (secondary N) is 1. The van der Waals surface area contributed by atoms with Crippen LogP contribution in [-0.4, -0.2) is 25.2 Å². The van der Waals surface area contributed by atoms with Crippen molar-refractivity contribution < 1.29 is 9.53 Å². The number of ether oxygens (including phenoxy) is 1. The van der Waals surface area contributed by atoms with Crippen molar-refractivity contribution in [3.63, 3.8) is 0 Å². The molecule has 0 aromatic heterocycles. The van der Waals surface area contributed by atoms with Crippen LogP contribution in [0.4, 0.5) is 0 Å². The van der Waals surface area contributed by atoms with Gasteiger partial charge in [-0.05, 0) is 45.1 Å². The lowest BCUT2D eigenvalue weighted by Gasteiger charge is -2.11. The van der Waals surface area contributed by atoms with E-state index in [-0.39, 0.29) is 5.97 Å². The third kappa shape index (κ3) is 5.17. The van der Waals surface area contributed by atoms with Crippen LogP contribution in [0.15, 0.2) is 0 Å². The summed E-state index contributed by atoms with van der Waals surface area (Å²) in [5.41, 5.74) is 0. The van der Waals surface area contributed by atoms with E-state index < -0.39 is 0 Å². The molecule has 3 nitrogen and oxygen atoms in total. The zero-order chi connectivity index (χ0) is 11.1. The number of hydrogen-bond acceptors (Lipinski definition) is 3. The molecule has 1 N–H and O–H groups in total. The van der Waals surface area contributed by atoms with E-state index in [1.54, 1.807) is 0 Å². The molecule has 1 saturated carbocycles. The Morgan fingerprint density at radius 3 is 2.87 bits per heavy atom. The maximum Gasteiger partial charge on any atom is 0.305 e. The Morgan fingerprint density at radius 1 is 1.47 bits per heavy atom. The van der Waals surface area contributed by atoms with E-state index in [2.05, 4.69) is 12.2 Å². The predicted octanol–water partition coefficient (Wildman–Crippen LogP) is 2.11. The van der Waals surface area contributed by atoms with Crippen molar-refractivity contribution in [1.82, 2.24) is 5.32 Å². The van der Waals surface area contributed by atoms with E-state index in [0.29, 0.717) is 19.1 Å². The molecule has 15 heavy (non-hydrogen) atoms. The summed E-state index contributed by atoms with van der Waals surface area (Å²) in [5, 5.41) is 3.50. The highest BCUT2D eigenvalue weighted by Gasteiger charge is 2.20. The summed E-state index contributed by atoms with van der Waals surface area (Å²) in [6, 6.07) is 0.683. The minimum atomic E-state index is -0.0703. The van der Waals surface area contributed by atoms with Gasteiger partial charge in [0, 0.05) is 12.5 Å². The molecular formula is C12H23NO2. The monoisotopic (exact) mass is 213 g/mol. The molecule has 88 valence electrons. The lowest BCUT2D eigenvalue weighted by atomic mass is 10.1. The highest BCUT2D eigenvalue weighted by molar-refractivity contribution is 5.69. The molecule has 1 rings (SSSR count). The maximum atomic E-state index is 11.0. The van der Waals surface area contributed by atoms with Gasteiger partial charge in [-0.2, -0.15) is 0 Å². The van der Waals surface area contributed by atoms with Crippen LogP contribution in [-0.2, 0) is 9.53 Å². The number of carbonyl (C=O) groups excluding carboxylic acids is 1. The van der Waals surface area contributed by atoms with E-state index in [9.17, 15) is 4.79 Å². The summed E-state index contributed by atoms with van der Waals surface area (Å²) in [6.07, 6.45) is 5.36. The van der Waals surface area contributed by atoms with E-state index in [1.165, 1.54) is 19.3 Å². The Balaban J connectivity index is 1.95. The molecule has 2 atom stereocenters. The second-order valence-electron chi connectivity index (χ2n) is 4.48. The fourth-order valence-corrected chi connectivity index (χ4v) is 2.16. The predicted molar refractivity (Wildman–Crippen MR) is 60.7 cm³/mol. The van der Waals surface area contributed by atoms with Crippen LogP contribution in [0.25, 0.3) is 0 Å². The molecule has 0 saturated heterocycles. The van der Waals surface area contributed by atoms with Gasteiger partial charge in [0.05, 0.1) is 6.61 Å². The number of carbonyl (C=O) groups is 1. The molecule has 0 aliphatic heterocycles. The van der Waals surface area contributed by atoms with Crippen LogP contribution in [0.5, 0.6) is 0 Å². The summed E-state index contributed by atoms with van der Waals surface area (Å²) in [5.74, 6) is 0.798.